The van der Waals surface area contributed by atoms with E-state index in [1.54, 1.807) is 0 Å². The van der Waals surface area contributed by atoms with E-state index in [-0.39, 0.29) is 5.17 Å². The van der Waals surface area contributed by atoms with Crippen LogP contribution in [0.3, 0.4) is 0 Å². The molecule has 1 atom stereocenters. The summed E-state index contributed by atoms with van der Waals surface area (Å²) in [5, 5.41) is 15.3. The smallest absolute Gasteiger partial charge is 0.320 e. The number of carboxylic acid groups (broad SMARTS) is 1. The van der Waals surface area contributed by atoms with E-state index >= 15 is 0 Å². The maximum absolute atomic E-state index is 10.2. The Morgan fingerprint density at radius 1 is 1.67 bits per heavy atom. The van der Waals surface area contributed by atoms with Crippen LogP contribution < -0.4 is 11.5 Å². The van der Waals surface area contributed by atoms with Gasteiger partial charge in [-0.05, 0) is 12.8 Å². The van der Waals surface area contributed by atoms with E-state index < -0.39 is 12.0 Å². The van der Waals surface area contributed by atoms with E-state index in [2.05, 4.69) is 0 Å². The molecule has 0 aliphatic heterocycles. The Labute approximate surface area is 75.0 Å². The van der Waals surface area contributed by atoms with Gasteiger partial charge in [-0.2, -0.15) is 0 Å². The van der Waals surface area contributed by atoms with Crippen LogP contribution in [0.2, 0.25) is 0 Å². The highest BCUT2D eigenvalue weighted by Gasteiger charge is 2.09. The normalized spacial score (nSPS) is 12.4. The molecule has 0 rings (SSSR count). The Balaban J connectivity index is 3.31. The van der Waals surface area contributed by atoms with Crippen molar-refractivity contribution in [1.82, 2.24) is 0 Å². The summed E-state index contributed by atoms with van der Waals surface area (Å²) in [7, 11) is 0. The number of aliphatic carboxylic acids is 1. The van der Waals surface area contributed by atoms with Crippen LogP contribution in [0.5, 0.6) is 0 Å². The molecule has 0 bridgehead atoms. The molecular formula is C6H13N3O2S. The summed E-state index contributed by atoms with van der Waals surface area (Å²) in [5.41, 5.74) is 10.3. The number of amidine groups is 1. The molecule has 0 radical (unpaired) electrons. The number of nitrogens with two attached hydrogens (primary N) is 2. The van der Waals surface area contributed by atoms with Crippen LogP contribution >= 0.6 is 11.8 Å². The Bertz CT molecular complexity index is 174. The van der Waals surface area contributed by atoms with E-state index in [0.29, 0.717) is 18.6 Å². The first-order valence-electron chi connectivity index (χ1n) is 3.49. The molecule has 6 N–H and O–H groups in total. The van der Waals surface area contributed by atoms with Crippen molar-refractivity contribution in [2.75, 3.05) is 5.75 Å². The summed E-state index contributed by atoms with van der Waals surface area (Å²) in [6, 6.07) is -0.794. The fourth-order valence-corrected chi connectivity index (χ4v) is 1.14. The highest BCUT2D eigenvalue weighted by molar-refractivity contribution is 8.13. The molecule has 0 aliphatic carbocycles. The maximum Gasteiger partial charge on any atom is 0.320 e. The van der Waals surface area contributed by atoms with Crippen LogP contribution in [-0.2, 0) is 4.79 Å². The SMILES string of the molecule is N=C(N)SCCC[C@@H](N)C(=O)O. The first kappa shape index (κ1) is 11.2. The highest BCUT2D eigenvalue weighted by atomic mass is 32.2. The average Bonchev–Trinajstić information content (AvgIpc) is 1.97. The molecule has 0 unspecified atom stereocenters. The van der Waals surface area contributed by atoms with Crippen LogP contribution in [0, 0.1) is 5.41 Å². The lowest BCUT2D eigenvalue weighted by Gasteiger charge is -2.04. The van der Waals surface area contributed by atoms with Gasteiger partial charge < -0.3 is 16.6 Å². The van der Waals surface area contributed by atoms with Crippen molar-refractivity contribution in [2.45, 2.75) is 18.9 Å². The number of carbonyl (C=O) groups is 1. The van der Waals surface area contributed by atoms with Crippen molar-refractivity contribution in [1.29, 1.82) is 5.41 Å². The minimum Gasteiger partial charge on any atom is -0.480 e. The average molecular weight is 191 g/mol. The third-order valence-electron chi connectivity index (χ3n) is 1.23. The van der Waals surface area contributed by atoms with E-state index in [0.717, 1.165) is 0 Å². The first-order valence-corrected chi connectivity index (χ1v) is 4.48. The molecule has 0 fully saturated rings. The predicted molar refractivity (Wildman–Crippen MR) is 49.2 cm³/mol. The number of nitrogens with one attached hydrogen (secondary N) is 1. The van der Waals surface area contributed by atoms with Gasteiger partial charge in [-0.25, -0.2) is 0 Å². The molecule has 12 heavy (non-hydrogen) atoms. The van der Waals surface area contributed by atoms with Crippen molar-refractivity contribution in [2.24, 2.45) is 11.5 Å². The quantitative estimate of drug-likeness (QED) is 0.273. The minimum absolute atomic E-state index is 0.0545. The summed E-state index contributed by atoms with van der Waals surface area (Å²) in [6.07, 6.45) is 1.09. The van der Waals surface area contributed by atoms with E-state index in [1.807, 2.05) is 0 Å². The molecule has 70 valence electrons. The molecule has 0 amide bonds. The number of thioether (sulfide) groups is 1. The minimum atomic E-state index is -0.983. The van der Waals surface area contributed by atoms with E-state index in [1.165, 1.54) is 11.8 Å². The van der Waals surface area contributed by atoms with Crippen LogP contribution in [-0.4, -0.2) is 28.0 Å². The molecule has 0 spiro atoms. The van der Waals surface area contributed by atoms with Gasteiger partial charge in [0, 0.05) is 5.75 Å². The summed E-state index contributed by atoms with van der Waals surface area (Å²) in [4.78, 5) is 10.2. The number of hydrogen-bond acceptors (Lipinski definition) is 4. The zero-order valence-corrected chi connectivity index (χ0v) is 7.43. The van der Waals surface area contributed by atoms with Crippen LogP contribution in [0.15, 0.2) is 0 Å². The van der Waals surface area contributed by atoms with Crippen LogP contribution in [0.25, 0.3) is 0 Å². The highest BCUT2D eigenvalue weighted by Crippen LogP contribution is 2.04. The number of rotatable bonds is 5. The zero-order valence-electron chi connectivity index (χ0n) is 6.62. The monoisotopic (exact) mass is 191 g/mol. The fraction of sp³-hybridized carbons (Fsp3) is 0.667. The molecule has 0 aromatic carbocycles. The summed E-state index contributed by atoms with van der Waals surface area (Å²) < 4.78 is 0. The molecule has 0 aromatic heterocycles. The van der Waals surface area contributed by atoms with Crippen LogP contribution in [0.1, 0.15) is 12.8 Å². The fourth-order valence-electron chi connectivity index (χ4n) is 0.609. The van der Waals surface area contributed by atoms with Gasteiger partial charge in [0.05, 0.1) is 0 Å². The van der Waals surface area contributed by atoms with Crippen molar-refractivity contribution in [3.63, 3.8) is 0 Å². The van der Waals surface area contributed by atoms with Gasteiger partial charge in [-0.3, -0.25) is 10.2 Å². The Morgan fingerprint density at radius 2 is 2.25 bits per heavy atom. The van der Waals surface area contributed by atoms with Crippen molar-refractivity contribution in [3.8, 4) is 0 Å². The van der Waals surface area contributed by atoms with Gasteiger partial charge in [-0.15, -0.1) is 0 Å². The summed E-state index contributed by atoms with van der Waals surface area (Å²) in [6.45, 7) is 0. The largest absolute Gasteiger partial charge is 0.480 e. The molecule has 0 saturated carbocycles. The number of hydrogen-bond donors (Lipinski definition) is 4. The molecule has 0 aromatic rings. The second-order valence-electron chi connectivity index (χ2n) is 2.30. The van der Waals surface area contributed by atoms with Crippen molar-refractivity contribution < 1.29 is 9.90 Å². The topological polar surface area (TPSA) is 113 Å². The van der Waals surface area contributed by atoms with Gasteiger partial charge in [0.15, 0.2) is 5.17 Å². The summed E-state index contributed by atoms with van der Waals surface area (Å²) in [5.74, 6) is -0.334. The van der Waals surface area contributed by atoms with Gasteiger partial charge >= 0.3 is 5.97 Å². The molecule has 0 aliphatic rings. The second-order valence-corrected chi connectivity index (χ2v) is 3.44. The molecule has 0 saturated heterocycles. The standard InChI is InChI=1S/C6H13N3O2S/c7-4(5(10)11)2-1-3-12-6(8)9/h4H,1-3,7H2,(H3,8,9)(H,10,11)/t4-/m1/s1. The second kappa shape index (κ2) is 5.84. The predicted octanol–water partition coefficient (Wildman–Crippen LogP) is -0.195. The lowest BCUT2D eigenvalue weighted by molar-refractivity contribution is -0.138. The zero-order chi connectivity index (χ0) is 9.56. The van der Waals surface area contributed by atoms with Gasteiger partial charge in [0.2, 0.25) is 0 Å². The molecular weight excluding hydrogens is 178 g/mol. The Morgan fingerprint density at radius 3 is 2.67 bits per heavy atom. The third kappa shape index (κ3) is 5.99. The molecule has 6 heteroatoms. The Kier molecular flexibility index (Phi) is 5.48. The lowest BCUT2D eigenvalue weighted by Crippen LogP contribution is -2.29. The van der Waals surface area contributed by atoms with Gasteiger partial charge in [0.25, 0.3) is 0 Å². The summed E-state index contributed by atoms with van der Waals surface area (Å²) >= 11 is 1.20. The van der Waals surface area contributed by atoms with Crippen molar-refractivity contribution >= 4 is 22.9 Å². The third-order valence-corrected chi connectivity index (χ3v) is 2.04. The van der Waals surface area contributed by atoms with E-state index in [9.17, 15) is 4.79 Å². The van der Waals surface area contributed by atoms with Gasteiger partial charge in [0.1, 0.15) is 6.04 Å². The van der Waals surface area contributed by atoms with E-state index in [4.69, 9.17) is 22.0 Å². The first-order chi connectivity index (χ1) is 5.54. The molecule has 5 nitrogen and oxygen atoms in total. The van der Waals surface area contributed by atoms with Crippen LogP contribution in [0.4, 0.5) is 0 Å². The lowest BCUT2D eigenvalue weighted by atomic mass is 10.2. The van der Waals surface area contributed by atoms with Crippen molar-refractivity contribution in [3.05, 3.63) is 0 Å². The Hall–Kier alpha value is -0.750. The maximum atomic E-state index is 10.2. The molecule has 0 heterocycles. The number of carboxylic acids is 1. The van der Waals surface area contributed by atoms with Gasteiger partial charge in [-0.1, -0.05) is 11.8 Å².